The third-order valence-corrected chi connectivity index (χ3v) is 4.31. The first kappa shape index (κ1) is 13.8. The number of ether oxygens (including phenoxy) is 1. The number of carbonyl (C=O) groups is 1. The molecule has 1 aliphatic heterocycles. The van der Waals surface area contributed by atoms with Crippen molar-refractivity contribution in [2.24, 2.45) is 5.92 Å². The molecule has 0 aromatic carbocycles. The Morgan fingerprint density at radius 2 is 1.83 bits per heavy atom. The average molecular weight is 254 g/mol. The third-order valence-electron chi connectivity index (χ3n) is 4.31. The molecule has 1 N–H and O–H groups in total. The van der Waals surface area contributed by atoms with Gasteiger partial charge in [-0.05, 0) is 39.5 Å². The number of likely N-dealkylation sites (tertiary alicyclic amines) is 1. The molecule has 2 unspecified atom stereocenters. The second kappa shape index (κ2) is 6.02. The molecule has 1 saturated carbocycles. The number of piperidine rings is 1. The second-order valence-corrected chi connectivity index (χ2v) is 5.77. The fraction of sp³-hybridized carbons (Fsp3) is 0.929. The van der Waals surface area contributed by atoms with Crippen molar-refractivity contribution in [2.45, 2.75) is 57.7 Å². The molecule has 4 nitrogen and oxygen atoms in total. The summed E-state index contributed by atoms with van der Waals surface area (Å²) in [7, 11) is 1.75. The van der Waals surface area contributed by atoms with Crippen LogP contribution in [-0.2, 0) is 9.53 Å². The van der Waals surface area contributed by atoms with Gasteiger partial charge in [0, 0.05) is 38.2 Å². The molecule has 4 heteroatoms. The minimum atomic E-state index is 0.233. The van der Waals surface area contributed by atoms with E-state index < -0.39 is 0 Å². The maximum absolute atomic E-state index is 11.9. The first-order valence-electron chi connectivity index (χ1n) is 7.19. The first-order chi connectivity index (χ1) is 8.61. The summed E-state index contributed by atoms with van der Waals surface area (Å²) in [6.07, 6.45) is 4.59. The summed E-state index contributed by atoms with van der Waals surface area (Å²) < 4.78 is 5.33. The number of carbonyl (C=O) groups excluding carboxylic acids is 1. The predicted molar refractivity (Wildman–Crippen MR) is 71.4 cm³/mol. The van der Waals surface area contributed by atoms with Crippen molar-refractivity contribution in [3.63, 3.8) is 0 Å². The zero-order chi connectivity index (χ0) is 13.1. The van der Waals surface area contributed by atoms with Gasteiger partial charge in [0.05, 0.1) is 6.10 Å². The van der Waals surface area contributed by atoms with E-state index in [1.807, 2.05) is 0 Å². The maximum atomic E-state index is 11.9. The molecule has 18 heavy (non-hydrogen) atoms. The Bertz CT molecular complexity index is 284. The second-order valence-electron chi connectivity index (χ2n) is 5.77. The van der Waals surface area contributed by atoms with Crippen molar-refractivity contribution in [1.29, 1.82) is 0 Å². The Morgan fingerprint density at radius 3 is 2.33 bits per heavy atom. The summed E-state index contributed by atoms with van der Waals surface area (Å²) in [6, 6.07) is 0.895. The molecule has 2 atom stereocenters. The molecular weight excluding hydrogens is 228 g/mol. The van der Waals surface area contributed by atoms with Crippen LogP contribution in [0.3, 0.4) is 0 Å². The zero-order valence-corrected chi connectivity index (χ0v) is 11.8. The molecule has 1 saturated heterocycles. The summed E-state index contributed by atoms with van der Waals surface area (Å²) in [4.78, 5) is 14.0. The predicted octanol–water partition coefficient (Wildman–Crippen LogP) is 1.40. The molecule has 0 bridgehead atoms. The summed E-state index contributed by atoms with van der Waals surface area (Å²) in [5.41, 5.74) is 0. The number of rotatable bonds is 5. The molecule has 2 aliphatic rings. The summed E-state index contributed by atoms with van der Waals surface area (Å²) in [5.74, 6) is 0.758. The number of amides is 1. The van der Waals surface area contributed by atoms with E-state index in [-0.39, 0.29) is 6.10 Å². The fourth-order valence-corrected chi connectivity index (χ4v) is 2.57. The van der Waals surface area contributed by atoms with Gasteiger partial charge in [-0.1, -0.05) is 0 Å². The monoisotopic (exact) mass is 254 g/mol. The van der Waals surface area contributed by atoms with Gasteiger partial charge in [-0.25, -0.2) is 0 Å². The van der Waals surface area contributed by atoms with Crippen molar-refractivity contribution >= 4 is 5.91 Å². The molecule has 1 amide bonds. The van der Waals surface area contributed by atoms with Crippen LogP contribution in [-0.4, -0.2) is 49.2 Å². The van der Waals surface area contributed by atoms with E-state index in [2.05, 4.69) is 24.1 Å². The van der Waals surface area contributed by atoms with E-state index in [0.29, 0.717) is 23.9 Å². The smallest absolute Gasteiger partial charge is 0.225 e. The van der Waals surface area contributed by atoms with E-state index in [0.717, 1.165) is 38.8 Å². The van der Waals surface area contributed by atoms with E-state index in [1.165, 1.54) is 0 Å². The highest BCUT2D eigenvalue weighted by molar-refractivity contribution is 5.81. The quantitative estimate of drug-likeness (QED) is 0.806. The minimum Gasteiger partial charge on any atom is -0.380 e. The molecular formula is C14H26N2O2. The normalized spacial score (nSPS) is 24.9. The number of hydrogen-bond acceptors (Lipinski definition) is 3. The van der Waals surface area contributed by atoms with Gasteiger partial charge in [-0.15, -0.1) is 0 Å². The first-order valence-corrected chi connectivity index (χ1v) is 7.19. The van der Waals surface area contributed by atoms with Crippen LogP contribution in [0.5, 0.6) is 0 Å². The topological polar surface area (TPSA) is 41.6 Å². The minimum absolute atomic E-state index is 0.233. The molecule has 0 aromatic heterocycles. The van der Waals surface area contributed by atoms with Crippen molar-refractivity contribution in [2.75, 3.05) is 20.2 Å². The number of nitrogens with zero attached hydrogens (tertiary/aromatic N) is 1. The highest BCUT2D eigenvalue weighted by Crippen LogP contribution is 2.31. The highest BCUT2D eigenvalue weighted by Gasteiger charge is 2.35. The average Bonchev–Trinajstić information content (AvgIpc) is 3.22. The fourth-order valence-electron chi connectivity index (χ4n) is 2.57. The SMILES string of the molecule is COC(C)C(C)NC1CCN(C(=O)C2CC2)CC1. The Morgan fingerprint density at radius 1 is 1.22 bits per heavy atom. The van der Waals surface area contributed by atoms with Gasteiger partial charge in [-0.3, -0.25) is 4.79 Å². The van der Waals surface area contributed by atoms with Crippen molar-refractivity contribution < 1.29 is 9.53 Å². The Kier molecular flexibility index (Phi) is 4.62. The lowest BCUT2D eigenvalue weighted by molar-refractivity contribution is -0.133. The van der Waals surface area contributed by atoms with E-state index >= 15 is 0 Å². The van der Waals surface area contributed by atoms with Crippen LogP contribution < -0.4 is 5.32 Å². The van der Waals surface area contributed by atoms with Crippen molar-refractivity contribution in [3.8, 4) is 0 Å². The molecule has 1 aliphatic carbocycles. The van der Waals surface area contributed by atoms with Gasteiger partial charge < -0.3 is 15.0 Å². The van der Waals surface area contributed by atoms with Crippen LogP contribution in [0.25, 0.3) is 0 Å². The molecule has 0 radical (unpaired) electrons. The van der Waals surface area contributed by atoms with Crippen LogP contribution in [0, 0.1) is 5.92 Å². The number of hydrogen-bond donors (Lipinski definition) is 1. The van der Waals surface area contributed by atoms with Gasteiger partial charge in [0.25, 0.3) is 0 Å². The highest BCUT2D eigenvalue weighted by atomic mass is 16.5. The lowest BCUT2D eigenvalue weighted by Gasteiger charge is -2.35. The zero-order valence-electron chi connectivity index (χ0n) is 11.8. The van der Waals surface area contributed by atoms with Crippen LogP contribution in [0.2, 0.25) is 0 Å². The Balaban J connectivity index is 1.71. The van der Waals surface area contributed by atoms with Crippen LogP contribution >= 0.6 is 0 Å². The third kappa shape index (κ3) is 3.45. The Labute approximate surface area is 110 Å². The molecule has 0 spiro atoms. The Hall–Kier alpha value is -0.610. The van der Waals surface area contributed by atoms with E-state index in [1.54, 1.807) is 7.11 Å². The molecule has 104 valence electrons. The van der Waals surface area contributed by atoms with Crippen LogP contribution in [0.4, 0.5) is 0 Å². The van der Waals surface area contributed by atoms with Gasteiger partial charge >= 0.3 is 0 Å². The van der Waals surface area contributed by atoms with E-state index in [9.17, 15) is 4.79 Å². The standard InChI is InChI=1S/C14H26N2O2/c1-10(11(2)18-3)15-13-6-8-16(9-7-13)14(17)12-4-5-12/h10-13,15H,4-9H2,1-3H3. The maximum Gasteiger partial charge on any atom is 0.225 e. The summed E-state index contributed by atoms with van der Waals surface area (Å²) in [5, 5.41) is 3.61. The van der Waals surface area contributed by atoms with Gasteiger partial charge in [0.15, 0.2) is 0 Å². The van der Waals surface area contributed by atoms with Gasteiger partial charge in [0.1, 0.15) is 0 Å². The molecule has 2 fully saturated rings. The number of nitrogens with one attached hydrogen (secondary N) is 1. The van der Waals surface area contributed by atoms with Gasteiger partial charge in [0.2, 0.25) is 5.91 Å². The van der Waals surface area contributed by atoms with Crippen molar-refractivity contribution in [1.82, 2.24) is 10.2 Å². The van der Waals surface area contributed by atoms with Crippen LogP contribution in [0.15, 0.2) is 0 Å². The lowest BCUT2D eigenvalue weighted by Crippen LogP contribution is -2.50. The summed E-state index contributed by atoms with van der Waals surface area (Å²) in [6.45, 7) is 6.08. The largest absolute Gasteiger partial charge is 0.380 e. The lowest BCUT2D eigenvalue weighted by atomic mass is 10.0. The molecule has 0 aromatic rings. The van der Waals surface area contributed by atoms with E-state index in [4.69, 9.17) is 4.74 Å². The van der Waals surface area contributed by atoms with Crippen molar-refractivity contribution in [3.05, 3.63) is 0 Å². The van der Waals surface area contributed by atoms with Crippen LogP contribution in [0.1, 0.15) is 39.5 Å². The molecule has 2 rings (SSSR count). The number of methoxy groups -OCH3 is 1. The summed E-state index contributed by atoms with van der Waals surface area (Å²) >= 11 is 0. The molecule has 1 heterocycles. The van der Waals surface area contributed by atoms with Gasteiger partial charge in [-0.2, -0.15) is 0 Å².